The minimum atomic E-state index is 0.158. The normalized spacial score (nSPS) is 22.8. The minimum absolute atomic E-state index is 0.158. The van der Waals surface area contributed by atoms with Crippen LogP contribution in [-0.4, -0.2) is 49.6 Å². The molecule has 1 aromatic rings. The largest absolute Gasteiger partial charge is 0.453 e. The first-order chi connectivity index (χ1) is 8.61. The Morgan fingerprint density at radius 1 is 1.61 bits per heavy atom. The Bertz CT molecular complexity index is 382. The second kappa shape index (κ2) is 6.19. The van der Waals surface area contributed by atoms with E-state index in [1.165, 1.54) is 19.4 Å². The summed E-state index contributed by atoms with van der Waals surface area (Å²) in [7, 11) is 4.33. The molecule has 2 atom stereocenters. The number of halogens is 1. The molecule has 102 valence electrons. The molecule has 2 unspecified atom stereocenters. The van der Waals surface area contributed by atoms with Gasteiger partial charge in [0.25, 0.3) is 0 Å². The highest BCUT2D eigenvalue weighted by atomic mass is 79.9. The first-order valence-electron chi connectivity index (χ1n) is 6.47. The van der Waals surface area contributed by atoms with Gasteiger partial charge in [-0.2, -0.15) is 0 Å². The second-order valence-corrected chi connectivity index (χ2v) is 5.89. The van der Waals surface area contributed by atoms with E-state index in [1.807, 2.05) is 12.1 Å². The maximum atomic E-state index is 5.89. The fraction of sp³-hybridized carbons (Fsp3) is 0.692. The van der Waals surface area contributed by atoms with Crippen LogP contribution in [0, 0.1) is 0 Å². The lowest BCUT2D eigenvalue weighted by Gasteiger charge is -2.30. The maximum Gasteiger partial charge on any atom is 0.169 e. The van der Waals surface area contributed by atoms with E-state index in [0.717, 1.165) is 17.0 Å². The Morgan fingerprint density at radius 2 is 2.39 bits per heavy atom. The predicted molar refractivity (Wildman–Crippen MR) is 76.5 cm³/mol. The third-order valence-electron chi connectivity index (χ3n) is 3.85. The monoisotopic (exact) mass is 315 g/mol. The Morgan fingerprint density at radius 3 is 2.89 bits per heavy atom. The summed E-state index contributed by atoms with van der Waals surface area (Å²) in [5, 5.41) is 0. The summed E-state index contributed by atoms with van der Waals surface area (Å²) in [6.45, 7) is 2.82. The Hall–Kier alpha value is -0.360. The van der Waals surface area contributed by atoms with Crippen LogP contribution in [0.25, 0.3) is 0 Å². The van der Waals surface area contributed by atoms with E-state index in [0.29, 0.717) is 12.6 Å². The van der Waals surface area contributed by atoms with E-state index in [2.05, 4.69) is 39.8 Å². The van der Waals surface area contributed by atoms with E-state index in [1.54, 1.807) is 0 Å². The number of hydrogen-bond donors (Lipinski definition) is 1. The summed E-state index contributed by atoms with van der Waals surface area (Å²) in [6, 6.07) is 4.72. The molecule has 0 saturated carbocycles. The van der Waals surface area contributed by atoms with Gasteiger partial charge in [0, 0.05) is 19.1 Å². The molecular formula is C13H22BrN3O. The van der Waals surface area contributed by atoms with Gasteiger partial charge in [-0.05, 0) is 61.5 Å². The number of nitrogens with zero attached hydrogens (tertiary/aromatic N) is 2. The van der Waals surface area contributed by atoms with Gasteiger partial charge < -0.3 is 15.1 Å². The van der Waals surface area contributed by atoms with Gasteiger partial charge in [-0.1, -0.05) is 0 Å². The van der Waals surface area contributed by atoms with Crippen LogP contribution in [0.1, 0.15) is 24.6 Å². The molecule has 0 spiro atoms. The van der Waals surface area contributed by atoms with Crippen molar-refractivity contribution in [3.8, 4) is 0 Å². The van der Waals surface area contributed by atoms with E-state index in [-0.39, 0.29) is 6.04 Å². The van der Waals surface area contributed by atoms with Gasteiger partial charge in [0.1, 0.15) is 5.76 Å². The molecule has 4 nitrogen and oxygen atoms in total. The molecule has 1 saturated heterocycles. The Labute approximate surface area is 117 Å². The van der Waals surface area contributed by atoms with Gasteiger partial charge in [0.2, 0.25) is 0 Å². The van der Waals surface area contributed by atoms with Gasteiger partial charge in [-0.15, -0.1) is 0 Å². The van der Waals surface area contributed by atoms with Gasteiger partial charge in [-0.25, -0.2) is 0 Å². The van der Waals surface area contributed by atoms with Gasteiger partial charge in [0.15, 0.2) is 4.67 Å². The summed E-state index contributed by atoms with van der Waals surface area (Å²) < 4.78 is 6.40. The third-order valence-corrected chi connectivity index (χ3v) is 4.27. The van der Waals surface area contributed by atoms with E-state index >= 15 is 0 Å². The zero-order valence-electron chi connectivity index (χ0n) is 11.1. The zero-order chi connectivity index (χ0) is 13.1. The summed E-state index contributed by atoms with van der Waals surface area (Å²) in [5.74, 6) is 0.938. The quantitative estimate of drug-likeness (QED) is 0.903. The number of furan rings is 1. The van der Waals surface area contributed by atoms with Crippen LogP contribution in [0.5, 0.6) is 0 Å². The van der Waals surface area contributed by atoms with Crippen molar-refractivity contribution in [3.05, 3.63) is 22.6 Å². The van der Waals surface area contributed by atoms with Gasteiger partial charge in [-0.3, -0.25) is 4.90 Å². The van der Waals surface area contributed by atoms with Gasteiger partial charge >= 0.3 is 0 Å². The summed E-state index contributed by atoms with van der Waals surface area (Å²) in [6.07, 6.45) is 2.58. The molecule has 2 rings (SSSR count). The highest BCUT2D eigenvalue weighted by Gasteiger charge is 2.26. The van der Waals surface area contributed by atoms with Crippen molar-refractivity contribution in [1.82, 2.24) is 9.80 Å². The van der Waals surface area contributed by atoms with Crippen LogP contribution in [-0.2, 0) is 0 Å². The van der Waals surface area contributed by atoms with E-state index in [9.17, 15) is 0 Å². The number of likely N-dealkylation sites (tertiary alicyclic amines) is 1. The lowest BCUT2D eigenvalue weighted by atomic mass is 10.1. The maximum absolute atomic E-state index is 5.89. The van der Waals surface area contributed by atoms with Crippen molar-refractivity contribution >= 4 is 15.9 Å². The van der Waals surface area contributed by atoms with Crippen molar-refractivity contribution in [2.75, 3.05) is 33.7 Å². The molecule has 2 N–H and O–H groups in total. The van der Waals surface area contributed by atoms with E-state index in [4.69, 9.17) is 10.2 Å². The molecule has 0 radical (unpaired) electrons. The molecular weight excluding hydrogens is 294 g/mol. The first-order valence-corrected chi connectivity index (χ1v) is 7.27. The van der Waals surface area contributed by atoms with Crippen LogP contribution in [0.3, 0.4) is 0 Å². The lowest BCUT2D eigenvalue weighted by Crippen LogP contribution is -2.40. The average Bonchev–Trinajstić information content (AvgIpc) is 2.91. The van der Waals surface area contributed by atoms with Crippen molar-refractivity contribution < 1.29 is 4.42 Å². The number of hydrogen-bond acceptors (Lipinski definition) is 4. The lowest BCUT2D eigenvalue weighted by molar-refractivity contribution is 0.164. The molecule has 1 aliphatic rings. The van der Waals surface area contributed by atoms with Crippen molar-refractivity contribution in [3.63, 3.8) is 0 Å². The fourth-order valence-electron chi connectivity index (χ4n) is 2.69. The molecule has 0 aliphatic carbocycles. The Kier molecular flexibility index (Phi) is 4.84. The molecule has 0 amide bonds. The van der Waals surface area contributed by atoms with Crippen molar-refractivity contribution in [2.45, 2.75) is 24.9 Å². The number of likely N-dealkylation sites (N-methyl/N-ethyl adjacent to an activating group) is 2. The van der Waals surface area contributed by atoms with Crippen LogP contribution in [0.15, 0.2) is 21.2 Å². The summed E-state index contributed by atoms with van der Waals surface area (Å²) in [5.41, 5.74) is 5.89. The average molecular weight is 316 g/mol. The number of rotatable bonds is 5. The molecule has 1 fully saturated rings. The summed E-state index contributed by atoms with van der Waals surface area (Å²) in [4.78, 5) is 4.74. The van der Waals surface area contributed by atoms with Crippen molar-refractivity contribution in [1.29, 1.82) is 0 Å². The fourth-order valence-corrected chi connectivity index (χ4v) is 3.01. The van der Waals surface area contributed by atoms with Gasteiger partial charge in [0.05, 0.1) is 6.04 Å². The molecule has 5 heteroatoms. The highest BCUT2D eigenvalue weighted by molar-refractivity contribution is 9.10. The second-order valence-electron chi connectivity index (χ2n) is 5.11. The third kappa shape index (κ3) is 3.15. The van der Waals surface area contributed by atoms with Crippen LogP contribution < -0.4 is 5.73 Å². The zero-order valence-corrected chi connectivity index (χ0v) is 12.7. The molecule has 0 bridgehead atoms. The van der Waals surface area contributed by atoms with Crippen LogP contribution in [0.2, 0.25) is 0 Å². The summed E-state index contributed by atoms with van der Waals surface area (Å²) >= 11 is 3.34. The predicted octanol–water partition coefficient (Wildman–Crippen LogP) is 2.07. The standard InChI is InChI=1S/C13H22BrN3O/c1-16-7-3-4-10(16)9-17(2)11(8-15)12-5-6-13(14)18-12/h5-6,10-11H,3-4,7-9,15H2,1-2H3. The molecule has 1 aliphatic heterocycles. The van der Waals surface area contributed by atoms with Crippen LogP contribution in [0.4, 0.5) is 0 Å². The smallest absolute Gasteiger partial charge is 0.169 e. The van der Waals surface area contributed by atoms with Crippen molar-refractivity contribution in [2.24, 2.45) is 5.73 Å². The highest BCUT2D eigenvalue weighted by Crippen LogP contribution is 2.25. The SMILES string of the molecule is CN1CCCC1CN(C)C(CN)c1ccc(Br)o1. The first kappa shape index (κ1) is 14.1. The van der Waals surface area contributed by atoms with E-state index < -0.39 is 0 Å². The molecule has 18 heavy (non-hydrogen) atoms. The topological polar surface area (TPSA) is 45.6 Å². The minimum Gasteiger partial charge on any atom is -0.453 e. The van der Waals surface area contributed by atoms with Crippen LogP contribution >= 0.6 is 15.9 Å². The Balaban J connectivity index is 1.99. The molecule has 1 aromatic heterocycles. The molecule has 2 heterocycles. The molecule has 0 aromatic carbocycles. The number of nitrogens with two attached hydrogens (primary N) is 1.